The number of H-pyrrole nitrogens is 5. The van der Waals surface area contributed by atoms with E-state index in [1.54, 1.807) is 54.9 Å². The van der Waals surface area contributed by atoms with Crippen molar-refractivity contribution in [3.63, 3.8) is 0 Å². The van der Waals surface area contributed by atoms with Crippen LogP contribution in [0.1, 0.15) is 64.8 Å². The minimum Gasteiger partial charge on any atom is -0.326 e. The van der Waals surface area contributed by atoms with E-state index in [0.29, 0.717) is 40.6 Å². The first kappa shape index (κ1) is 57.5. The molecule has 22 nitrogen and oxygen atoms in total. The van der Waals surface area contributed by atoms with E-state index >= 15 is 0 Å². The number of hydrogen-bond acceptors (Lipinski definition) is 17. The molecule has 0 unspecified atom stereocenters. The van der Waals surface area contributed by atoms with E-state index in [4.69, 9.17) is 0 Å². The fourth-order valence-corrected chi connectivity index (χ4v) is 11.3. The second-order valence-electron chi connectivity index (χ2n) is 18.7. The Labute approximate surface area is 487 Å². The van der Waals surface area contributed by atoms with Crippen LogP contribution in [0.15, 0.2) is 171 Å². The molecule has 12 rings (SSSR count). The van der Waals surface area contributed by atoms with Crippen LogP contribution in [-0.4, -0.2) is 88.2 Å². The summed E-state index contributed by atoms with van der Waals surface area (Å²) >= 11 is 4.68. The number of benzene rings is 4. The van der Waals surface area contributed by atoms with Crippen LogP contribution < -0.4 is 27.2 Å². The largest absolute Gasteiger partial charge is 0.326 e. The number of carbonyl (C=O) groups is 3. The van der Waals surface area contributed by atoms with Gasteiger partial charge in [-0.05, 0) is 96.5 Å². The molecule has 7 aromatic heterocycles. The van der Waals surface area contributed by atoms with E-state index < -0.39 is 28.8 Å². The Balaban J connectivity index is 0.000000140. The van der Waals surface area contributed by atoms with Crippen LogP contribution in [0.3, 0.4) is 0 Å². The Bertz CT molecular complexity index is 4250. The van der Waals surface area contributed by atoms with Crippen LogP contribution in [0.2, 0.25) is 0 Å². The summed E-state index contributed by atoms with van der Waals surface area (Å²) in [6, 6.07) is 26.7. The van der Waals surface area contributed by atoms with Gasteiger partial charge in [-0.15, -0.1) is 35.3 Å². The number of rotatable bonds is 17. The third-order valence-electron chi connectivity index (χ3n) is 12.4. The van der Waals surface area contributed by atoms with Gasteiger partial charge in [0.05, 0.1) is 41.2 Å². The summed E-state index contributed by atoms with van der Waals surface area (Å²) in [7, 11) is 0. The third-order valence-corrected chi connectivity index (χ3v) is 15.7. The summed E-state index contributed by atoms with van der Waals surface area (Å²) in [5.41, 5.74) is 7.20. The highest BCUT2D eigenvalue weighted by molar-refractivity contribution is 7.99. The summed E-state index contributed by atoms with van der Waals surface area (Å²) in [4.78, 5) is 89.0. The molecule has 0 fully saturated rings. The number of thioether (sulfide) groups is 3. The molecule has 84 heavy (non-hydrogen) atoms. The molecule has 7 heterocycles. The quantitative estimate of drug-likeness (QED) is 0.0239. The second-order valence-corrected chi connectivity index (χ2v) is 21.6. The lowest BCUT2D eigenvalue weighted by Crippen LogP contribution is -2.27. The van der Waals surface area contributed by atoms with Crippen LogP contribution in [0.4, 0.5) is 25.8 Å². The fourth-order valence-electron chi connectivity index (χ4n) is 8.61. The zero-order valence-electron chi connectivity index (χ0n) is 44.2. The molecule has 0 saturated heterocycles. The number of fused-ring (bicyclic) bond motifs is 3. The molecule has 8 N–H and O–H groups in total. The van der Waals surface area contributed by atoms with Gasteiger partial charge in [-0.2, -0.15) is 15.3 Å². The molecule has 0 radical (unpaired) electrons. The van der Waals surface area contributed by atoms with Crippen molar-refractivity contribution in [1.82, 2.24) is 70.5 Å². The standard InChI is InChI=1S/C20H15F2N5OS.C20H21N5OS.C17H13N7O3S/c21-14-4-13(5-15(22)8-14)7-18(28)26-16-3-1-2-12(6-16)10-29-20-17-9-25-27-19(17)23-11-24-20;26-18(10-14-5-2-1-3-6-14)24-16-8-4-7-15(9-16)12-27-20-17-11-23-25-19(17)21-13-22-20;25-13-5-12(22-17(27)23-13)15(26)21-10-3-1-2-9(4-10)7-28-16-11-6-20-24-14(11)18-8-19-16/h1-6,8-9,11H,7,10H2,(H,26,28)(H,23,24,25,27);4-5,7-9,11,13H,1-3,6,10,12H2,(H,24,26)(H,21,22,23,25);1-6,8H,7H2,(H,21,26)(H,18,19,20,24)(H2,22,23,25,27). The number of hydrogen-bond donors (Lipinski definition) is 8. The first-order chi connectivity index (χ1) is 40.9. The number of aromatic amines is 5. The number of aromatic nitrogens is 14. The highest BCUT2D eigenvalue weighted by Crippen LogP contribution is 2.30. The second kappa shape index (κ2) is 27.8. The van der Waals surface area contributed by atoms with Crippen molar-refractivity contribution in [1.29, 1.82) is 0 Å². The molecule has 1 aliphatic rings. The average Bonchev–Trinajstić information content (AvgIpc) is 4.50. The predicted octanol–water partition coefficient (Wildman–Crippen LogP) is 9.85. The molecule has 0 aliphatic heterocycles. The molecule has 11 aromatic rings. The topological polar surface area (TPSA) is 316 Å². The molecule has 0 bridgehead atoms. The van der Waals surface area contributed by atoms with Crippen molar-refractivity contribution in [3.8, 4) is 0 Å². The van der Waals surface area contributed by atoms with E-state index in [2.05, 4.69) is 93.6 Å². The molecule has 0 spiro atoms. The third kappa shape index (κ3) is 16.0. The Morgan fingerprint density at radius 2 is 0.976 bits per heavy atom. The first-order valence-electron chi connectivity index (χ1n) is 25.9. The Hall–Kier alpha value is -9.73. The molecule has 4 aromatic carbocycles. The van der Waals surface area contributed by atoms with Gasteiger partial charge in [0.25, 0.3) is 11.5 Å². The van der Waals surface area contributed by atoms with Gasteiger partial charge in [-0.1, -0.05) is 48.0 Å². The van der Waals surface area contributed by atoms with Crippen molar-refractivity contribution in [2.24, 2.45) is 0 Å². The van der Waals surface area contributed by atoms with Crippen LogP contribution in [0.25, 0.3) is 33.1 Å². The maximum Gasteiger partial charge on any atom is 0.326 e. The van der Waals surface area contributed by atoms with Gasteiger partial charge in [0, 0.05) is 52.9 Å². The highest BCUT2D eigenvalue weighted by atomic mass is 32.2. The number of amides is 3. The molecule has 27 heteroatoms. The number of nitrogens with one attached hydrogen (secondary N) is 8. The van der Waals surface area contributed by atoms with Gasteiger partial charge in [0.1, 0.15) is 51.4 Å². The summed E-state index contributed by atoms with van der Waals surface area (Å²) in [5.74, 6) is -0.277. The Morgan fingerprint density at radius 3 is 1.43 bits per heavy atom. The highest BCUT2D eigenvalue weighted by Gasteiger charge is 2.14. The van der Waals surface area contributed by atoms with Gasteiger partial charge in [-0.25, -0.2) is 43.5 Å². The van der Waals surface area contributed by atoms with E-state index in [-0.39, 0.29) is 29.5 Å². The number of carbonyl (C=O) groups excluding carboxylic acids is 3. The maximum atomic E-state index is 13.3. The Kier molecular flexibility index (Phi) is 19.0. The van der Waals surface area contributed by atoms with Gasteiger partial charge in [0.2, 0.25) is 11.8 Å². The van der Waals surface area contributed by atoms with Crippen LogP contribution in [0, 0.1) is 11.6 Å². The lowest BCUT2D eigenvalue weighted by atomic mass is 9.97. The van der Waals surface area contributed by atoms with Crippen LogP contribution in [0.5, 0.6) is 0 Å². The van der Waals surface area contributed by atoms with Crippen molar-refractivity contribution >= 4 is 103 Å². The zero-order valence-corrected chi connectivity index (χ0v) is 46.6. The van der Waals surface area contributed by atoms with Gasteiger partial charge < -0.3 is 20.9 Å². The van der Waals surface area contributed by atoms with Gasteiger partial charge >= 0.3 is 5.69 Å². The molecule has 424 valence electrons. The molecule has 0 saturated carbocycles. The van der Waals surface area contributed by atoms with E-state index in [9.17, 15) is 32.8 Å². The number of halogens is 2. The Morgan fingerprint density at radius 1 is 0.512 bits per heavy atom. The smallest absolute Gasteiger partial charge is 0.326 e. The SMILES string of the molecule is O=C(CC1=CCCCC1)Nc1cccc(CSc2ncnc3[nH]ncc23)c1.O=C(Cc1cc(F)cc(F)c1)Nc1cccc(CSc2ncnc3[nH]ncc23)c1.O=C(Nc1cccc(CSc2ncnc3[nH]ncc23)c1)c1cc(=O)[nH]c(=O)[nH]1. The minimum atomic E-state index is -0.738. The van der Waals surface area contributed by atoms with Crippen LogP contribution in [-0.2, 0) is 33.3 Å². The summed E-state index contributed by atoms with van der Waals surface area (Å²) in [5, 5.41) is 34.0. The first-order valence-corrected chi connectivity index (χ1v) is 28.8. The average molecular weight is 1190 g/mol. The summed E-state index contributed by atoms with van der Waals surface area (Å²) in [6.45, 7) is 0. The maximum absolute atomic E-state index is 13.3. The monoisotopic (exact) mass is 1190 g/mol. The van der Waals surface area contributed by atoms with Crippen molar-refractivity contribution in [2.45, 2.75) is 70.9 Å². The molecule has 3 amide bonds. The predicted molar refractivity (Wildman–Crippen MR) is 317 cm³/mol. The lowest BCUT2D eigenvalue weighted by molar-refractivity contribution is -0.116. The molecule has 1 aliphatic carbocycles. The fraction of sp³-hybridized carbons (Fsp3) is 0.158. The molecule has 0 atom stereocenters. The summed E-state index contributed by atoms with van der Waals surface area (Å²) in [6.07, 6.45) is 16.8. The van der Waals surface area contributed by atoms with E-state index in [0.717, 1.165) is 102 Å². The van der Waals surface area contributed by atoms with E-state index in [1.807, 2.05) is 53.5 Å². The molecular weight excluding hydrogens is 1140 g/mol. The summed E-state index contributed by atoms with van der Waals surface area (Å²) < 4.78 is 26.5. The normalized spacial score (nSPS) is 12.0. The van der Waals surface area contributed by atoms with Crippen molar-refractivity contribution < 1.29 is 23.2 Å². The minimum absolute atomic E-state index is 0.0591. The lowest BCUT2D eigenvalue weighted by Gasteiger charge is -2.13. The van der Waals surface area contributed by atoms with Crippen LogP contribution >= 0.6 is 35.3 Å². The van der Waals surface area contributed by atoms with Crippen molar-refractivity contribution in [3.05, 3.63) is 207 Å². The van der Waals surface area contributed by atoms with Crippen molar-refractivity contribution in [2.75, 3.05) is 16.0 Å². The van der Waals surface area contributed by atoms with E-state index in [1.165, 1.54) is 54.6 Å². The zero-order chi connectivity index (χ0) is 58.2. The number of allylic oxidation sites excluding steroid dienone is 1. The number of anilines is 3. The molecular formula is C57H49F2N17O5S3. The van der Waals surface area contributed by atoms with Gasteiger partial charge in [-0.3, -0.25) is 39.5 Å². The number of nitrogens with zero attached hydrogens (tertiary/aromatic N) is 9. The van der Waals surface area contributed by atoms with Gasteiger partial charge in [0.15, 0.2) is 16.9 Å².